The molecule has 1 aromatic heterocycles. The highest BCUT2D eigenvalue weighted by molar-refractivity contribution is 6.02. The van der Waals surface area contributed by atoms with Gasteiger partial charge >= 0.3 is 5.97 Å². The first-order chi connectivity index (χ1) is 8.06. The molecule has 0 aromatic carbocycles. The van der Waals surface area contributed by atoms with Gasteiger partial charge in [-0.25, -0.2) is 4.98 Å². The van der Waals surface area contributed by atoms with Crippen LogP contribution in [0.3, 0.4) is 0 Å². The third-order valence-electron chi connectivity index (χ3n) is 2.99. The van der Waals surface area contributed by atoms with Crippen LogP contribution in [-0.4, -0.2) is 28.3 Å². The molecule has 1 atom stereocenters. The number of ketones is 1. The molecule has 1 heterocycles. The lowest BCUT2D eigenvalue weighted by molar-refractivity contribution is -0.160. The van der Waals surface area contributed by atoms with E-state index in [1.54, 1.807) is 13.1 Å². The fraction of sp³-hybridized carbons (Fsp3) is 0.583. The van der Waals surface area contributed by atoms with Crippen LogP contribution in [0, 0.1) is 5.41 Å². The Morgan fingerprint density at radius 2 is 2.18 bits per heavy atom. The number of aromatic nitrogens is 2. The Balaban J connectivity index is 3.00. The molecule has 1 aromatic rings. The lowest BCUT2D eigenvalue weighted by Crippen LogP contribution is -2.41. The summed E-state index contributed by atoms with van der Waals surface area (Å²) in [5, 5.41) is 0. The molecule has 0 bridgehead atoms. The molecule has 1 unspecified atom stereocenters. The van der Waals surface area contributed by atoms with E-state index >= 15 is 0 Å². The Morgan fingerprint density at radius 1 is 1.47 bits per heavy atom. The Labute approximate surface area is 101 Å². The van der Waals surface area contributed by atoms with E-state index in [1.807, 2.05) is 6.92 Å². The fourth-order valence-corrected chi connectivity index (χ4v) is 1.83. The Hall–Kier alpha value is -1.65. The molecule has 5 heteroatoms. The molecule has 17 heavy (non-hydrogen) atoms. The third-order valence-corrected chi connectivity index (χ3v) is 2.99. The van der Waals surface area contributed by atoms with Crippen molar-refractivity contribution in [3.8, 4) is 0 Å². The first kappa shape index (κ1) is 13.4. The molecule has 0 spiro atoms. The lowest BCUT2D eigenvalue weighted by atomic mass is 9.77. The number of ether oxygens (including phenoxy) is 1. The minimum absolute atomic E-state index is 0.173. The van der Waals surface area contributed by atoms with Crippen LogP contribution in [0.5, 0.6) is 0 Å². The summed E-state index contributed by atoms with van der Waals surface area (Å²) in [4.78, 5) is 30.6. The van der Waals surface area contributed by atoms with Crippen molar-refractivity contribution in [2.75, 3.05) is 6.61 Å². The molecule has 1 rings (SSSR count). The predicted octanol–water partition coefficient (Wildman–Crippen LogP) is 1.50. The van der Waals surface area contributed by atoms with Crippen molar-refractivity contribution in [3.05, 3.63) is 18.2 Å². The molecule has 0 radical (unpaired) electrons. The van der Waals surface area contributed by atoms with Crippen LogP contribution in [0.4, 0.5) is 0 Å². The van der Waals surface area contributed by atoms with Gasteiger partial charge in [-0.2, -0.15) is 0 Å². The molecule has 5 nitrogen and oxygen atoms in total. The SMILES string of the molecule is CCOC(=O)C(CC)(Cc1cnc[nH]1)C(C)=O. The summed E-state index contributed by atoms with van der Waals surface area (Å²) in [5.74, 6) is -0.627. The van der Waals surface area contributed by atoms with Crippen molar-refractivity contribution in [2.24, 2.45) is 5.41 Å². The van der Waals surface area contributed by atoms with Crippen LogP contribution in [0.1, 0.15) is 32.9 Å². The second kappa shape index (κ2) is 5.61. The van der Waals surface area contributed by atoms with Gasteiger partial charge in [-0.05, 0) is 20.3 Å². The fourth-order valence-electron chi connectivity index (χ4n) is 1.83. The standard InChI is InChI=1S/C12H18N2O3/c1-4-12(9(3)15,11(16)17-5-2)6-10-7-13-8-14-10/h7-8H,4-6H2,1-3H3,(H,13,14). The number of carbonyl (C=O) groups excluding carboxylic acids is 2. The Morgan fingerprint density at radius 3 is 2.59 bits per heavy atom. The average Bonchev–Trinajstić information content (AvgIpc) is 2.78. The van der Waals surface area contributed by atoms with Gasteiger partial charge in [0.15, 0.2) is 0 Å². The summed E-state index contributed by atoms with van der Waals surface area (Å²) >= 11 is 0. The smallest absolute Gasteiger partial charge is 0.319 e. The molecule has 0 saturated carbocycles. The van der Waals surface area contributed by atoms with E-state index in [0.717, 1.165) is 5.69 Å². The van der Waals surface area contributed by atoms with Crippen LogP contribution in [0.2, 0.25) is 0 Å². The van der Waals surface area contributed by atoms with Crippen molar-refractivity contribution >= 4 is 11.8 Å². The van der Waals surface area contributed by atoms with Crippen LogP contribution in [0.25, 0.3) is 0 Å². The van der Waals surface area contributed by atoms with Gasteiger partial charge in [0.05, 0.1) is 12.9 Å². The van der Waals surface area contributed by atoms with Crippen molar-refractivity contribution in [3.63, 3.8) is 0 Å². The molecular formula is C12H18N2O3. The summed E-state index contributed by atoms with van der Waals surface area (Å²) in [7, 11) is 0. The van der Waals surface area contributed by atoms with E-state index in [-0.39, 0.29) is 12.4 Å². The predicted molar refractivity (Wildman–Crippen MR) is 62.3 cm³/mol. The highest BCUT2D eigenvalue weighted by Gasteiger charge is 2.43. The lowest BCUT2D eigenvalue weighted by Gasteiger charge is -2.26. The summed E-state index contributed by atoms with van der Waals surface area (Å²) in [5.41, 5.74) is -0.335. The number of aromatic amines is 1. The number of nitrogens with one attached hydrogen (secondary N) is 1. The van der Waals surface area contributed by atoms with Gasteiger partial charge in [0.25, 0.3) is 0 Å². The van der Waals surface area contributed by atoms with Gasteiger partial charge in [0, 0.05) is 18.3 Å². The van der Waals surface area contributed by atoms with Gasteiger partial charge in [-0.15, -0.1) is 0 Å². The van der Waals surface area contributed by atoms with Crippen molar-refractivity contribution in [2.45, 2.75) is 33.6 Å². The molecule has 0 amide bonds. The molecular weight excluding hydrogens is 220 g/mol. The van der Waals surface area contributed by atoms with Gasteiger partial charge in [-0.1, -0.05) is 6.92 Å². The number of nitrogens with zero attached hydrogens (tertiary/aromatic N) is 1. The normalized spacial score (nSPS) is 14.1. The van der Waals surface area contributed by atoms with Crippen molar-refractivity contribution in [1.29, 1.82) is 0 Å². The number of hydrogen-bond acceptors (Lipinski definition) is 4. The number of Topliss-reactive ketones (excluding diaryl/α,β-unsaturated/α-hetero) is 1. The first-order valence-electron chi connectivity index (χ1n) is 5.72. The number of imidazole rings is 1. The van der Waals surface area contributed by atoms with Gasteiger partial charge < -0.3 is 9.72 Å². The van der Waals surface area contributed by atoms with Crippen LogP contribution >= 0.6 is 0 Å². The molecule has 94 valence electrons. The Bertz CT molecular complexity index is 386. The molecule has 0 aliphatic carbocycles. The molecule has 1 N–H and O–H groups in total. The highest BCUT2D eigenvalue weighted by atomic mass is 16.5. The maximum atomic E-state index is 12.0. The van der Waals surface area contributed by atoms with E-state index in [9.17, 15) is 9.59 Å². The van der Waals surface area contributed by atoms with Crippen molar-refractivity contribution in [1.82, 2.24) is 9.97 Å². The maximum Gasteiger partial charge on any atom is 0.319 e. The zero-order valence-electron chi connectivity index (χ0n) is 10.4. The number of rotatable bonds is 6. The Kier molecular flexibility index (Phi) is 4.43. The van der Waals surface area contributed by atoms with Crippen LogP contribution < -0.4 is 0 Å². The zero-order chi connectivity index (χ0) is 12.9. The molecule has 0 aliphatic rings. The second-order valence-electron chi connectivity index (χ2n) is 3.97. The summed E-state index contributed by atoms with van der Waals surface area (Å²) < 4.78 is 5.01. The first-order valence-corrected chi connectivity index (χ1v) is 5.72. The maximum absolute atomic E-state index is 12.0. The highest BCUT2D eigenvalue weighted by Crippen LogP contribution is 2.29. The van der Waals surface area contributed by atoms with E-state index in [2.05, 4.69) is 9.97 Å². The number of carbonyl (C=O) groups is 2. The van der Waals surface area contributed by atoms with Crippen molar-refractivity contribution < 1.29 is 14.3 Å². The molecule has 0 aliphatic heterocycles. The largest absolute Gasteiger partial charge is 0.465 e. The minimum Gasteiger partial charge on any atom is -0.465 e. The molecule has 0 saturated heterocycles. The number of hydrogen-bond donors (Lipinski definition) is 1. The van der Waals surface area contributed by atoms with E-state index < -0.39 is 11.4 Å². The second-order valence-corrected chi connectivity index (χ2v) is 3.97. The molecule has 0 fully saturated rings. The van der Waals surface area contributed by atoms with Gasteiger partial charge in [-0.3, -0.25) is 9.59 Å². The topological polar surface area (TPSA) is 72.0 Å². The number of H-pyrrole nitrogens is 1. The van der Waals surface area contributed by atoms with E-state index in [1.165, 1.54) is 13.3 Å². The zero-order valence-corrected chi connectivity index (χ0v) is 10.4. The third kappa shape index (κ3) is 2.72. The van der Waals surface area contributed by atoms with E-state index in [0.29, 0.717) is 12.8 Å². The van der Waals surface area contributed by atoms with Gasteiger partial charge in [0.2, 0.25) is 0 Å². The summed E-state index contributed by atoms with van der Waals surface area (Å²) in [6.07, 6.45) is 3.87. The average molecular weight is 238 g/mol. The van der Waals surface area contributed by atoms with E-state index in [4.69, 9.17) is 4.74 Å². The monoisotopic (exact) mass is 238 g/mol. The quantitative estimate of drug-likeness (QED) is 0.602. The number of esters is 1. The minimum atomic E-state index is -1.09. The van der Waals surface area contributed by atoms with Crippen LogP contribution in [0.15, 0.2) is 12.5 Å². The van der Waals surface area contributed by atoms with Gasteiger partial charge in [0.1, 0.15) is 11.2 Å². The summed E-state index contributed by atoms with van der Waals surface area (Å²) in [6, 6.07) is 0. The van der Waals surface area contributed by atoms with Crippen LogP contribution in [-0.2, 0) is 20.7 Å². The summed E-state index contributed by atoms with van der Waals surface area (Å²) in [6.45, 7) is 5.25.